The van der Waals surface area contributed by atoms with E-state index in [1.54, 1.807) is 12.3 Å². The van der Waals surface area contributed by atoms with Crippen molar-refractivity contribution in [3.05, 3.63) is 84.0 Å². The maximum absolute atomic E-state index is 13.1. The largest absolute Gasteiger partial charge is 0.483 e. The van der Waals surface area contributed by atoms with E-state index in [0.29, 0.717) is 11.4 Å². The van der Waals surface area contributed by atoms with Gasteiger partial charge < -0.3 is 15.8 Å². The normalized spacial score (nSPS) is 17.1. The zero-order chi connectivity index (χ0) is 24.8. The Labute approximate surface area is 205 Å². The molecule has 1 fully saturated rings. The summed E-state index contributed by atoms with van der Waals surface area (Å²) in [5.41, 5.74) is 10.8. The Morgan fingerprint density at radius 1 is 1.37 bits per heavy atom. The van der Waals surface area contributed by atoms with Crippen molar-refractivity contribution in [1.29, 1.82) is 0 Å². The molecule has 3 aromatic rings. The third-order valence-electron chi connectivity index (χ3n) is 6.09. The fourth-order valence-electron chi connectivity index (χ4n) is 4.34. The van der Waals surface area contributed by atoms with Crippen LogP contribution in [0.1, 0.15) is 28.9 Å². The molecule has 0 radical (unpaired) electrons. The first-order chi connectivity index (χ1) is 16.9. The monoisotopic (exact) mass is 472 g/mol. The minimum Gasteiger partial charge on any atom is -0.483 e. The summed E-state index contributed by atoms with van der Waals surface area (Å²) in [4.78, 5) is 19.7. The maximum atomic E-state index is 13.1. The number of rotatable bonds is 8. The summed E-state index contributed by atoms with van der Waals surface area (Å²) in [6.45, 7) is 8.57. The number of carbonyl (C=O) groups is 1. The second kappa shape index (κ2) is 11.0. The number of amides is 1. The minimum absolute atomic E-state index is 0.0734. The van der Waals surface area contributed by atoms with Crippen LogP contribution in [-0.2, 0) is 4.74 Å². The Hall–Kier alpha value is -3.91. The molecule has 1 amide bonds. The van der Waals surface area contributed by atoms with Crippen molar-refractivity contribution in [2.75, 3.05) is 26.7 Å². The van der Waals surface area contributed by atoms with E-state index in [9.17, 15) is 4.79 Å². The van der Waals surface area contributed by atoms with Gasteiger partial charge in [-0.2, -0.15) is 5.10 Å². The first-order valence-electron chi connectivity index (χ1n) is 11.7. The summed E-state index contributed by atoms with van der Waals surface area (Å²) in [6, 6.07) is 9.65. The number of aromatic nitrogens is 3. The number of H-pyrrole nitrogens is 1. The predicted molar refractivity (Wildman–Crippen MR) is 139 cm³/mol. The second-order valence-corrected chi connectivity index (χ2v) is 8.86. The van der Waals surface area contributed by atoms with Crippen LogP contribution < -0.4 is 11.1 Å². The van der Waals surface area contributed by atoms with Crippen LogP contribution in [0.5, 0.6) is 0 Å². The number of piperidine rings is 1. The second-order valence-electron chi connectivity index (χ2n) is 8.86. The van der Waals surface area contributed by atoms with E-state index in [-0.39, 0.29) is 11.9 Å². The average Bonchev–Trinajstić information content (AvgIpc) is 3.27. The number of ether oxygens (including phenoxy) is 1. The van der Waals surface area contributed by atoms with E-state index < -0.39 is 0 Å². The number of nitrogens with two attached hydrogens (primary N) is 1. The fourth-order valence-corrected chi connectivity index (χ4v) is 4.34. The highest BCUT2D eigenvalue weighted by molar-refractivity contribution is 6.01. The number of allylic oxidation sites excluding steroid dienone is 2. The number of nitrogens with zero attached hydrogens (tertiary/aromatic N) is 3. The summed E-state index contributed by atoms with van der Waals surface area (Å²) in [7, 11) is 1.53. The van der Waals surface area contributed by atoms with Crippen molar-refractivity contribution in [2.45, 2.75) is 25.8 Å². The Morgan fingerprint density at radius 3 is 3.03 bits per heavy atom. The van der Waals surface area contributed by atoms with Gasteiger partial charge in [-0.15, -0.1) is 0 Å². The molecule has 2 aromatic heterocycles. The molecule has 8 heteroatoms. The number of carbonyl (C=O) groups excluding carboxylic acids is 1. The quantitative estimate of drug-likeness (QED) is 0.341. The van der Waals surface area contributed by atoms with Crippen molar-refractivity contribution in [1.82, 2.24) is 25.4 Å². The van der Waals surface area contributed by atoms with Crippen molar-refractivity contribution < 1.29 is 9.53 Å². The van der Waals surface area contributed by atoms with Gasteiger partial charge in [0, 0.05) is 47.5 Å². The highest BCUT2D eigenvalue weighted by Gasteiger charge is 2.22. The molecule has 1 aliphatic heterocycles. The average molecular weight is 473 g/mol. The minimum atomic E-state index is -0.0734. The summed E-state index contributed by atoms with van der Waals surface area (Å²) >= 11 is 0. The Bertz CT molecular complexity index is 1280. The van der Waals surface area contributed by atoms with E-state index in [0.717, 1.165) is 65.9 Å². The highest BCUT2D eigenvalue weighted by atomic mass is 16.5. The van der Waals surface area contributed by atoms with Crippen molar-refractivity contribution >= 4 is 16.8 Å². The smallest absolute Gasteiger partial charge is 0.251 e. The van der Waals surface area contributed by atoms with Gasteiger partial charge in [0.1, 0.15) is 5.69 Å². The number of pyridine rings is 1. The molecule has 4 rings (SSSR count). The zero-order valence-corrected chi connectivity index (χ0v) is 20.3. The Morgan fingerprint density at radius 2 is 2.23 bits per heavy atom. The molecule has 0 saturated carbocycles. The number of aromatic amines is 1. The van der Waals surface area contributed by atoms with E-state index in [2.05, 4.69) is 32.0 Å². The molecule has 182 valence electrons. The van der Waals surface area contributed by atoms with Gasteiger partial charge in [-0.3, -0.25) is 19.8 Å². The first-order valence-corrected chi connectivity index (χ1v) is 11.7. The van der Waals surface area contributed by atoms with Gasteiger partial charge >= 0.3 is 0 Å². The lowest BCUT2D eigenvalue weighted by Crippen LogP contribution is -2.48. The molecule has 1 aliphatic rings. The number of fused-ring (bicyclic) bond motifs is 1. The number of nitrogens with one attached hydrogen (secondary N) is 2. The number of hydrogen-bond donors (Lipinski definition) is 3. The summed E-state index contributed by atoms with van der Waals surface area (Å²) in [5.74, 6) is 0.280. The molecule has 0 unspecified atom stereocenters. The lowest BCUT2D eigenvalue weighted by atomic mass is 10.0. The third kappa shape index (κ3) is 6.16. The van der Waals surface area contributed by atoms with Gasteiger partial charge in [-0.05, 0) is 68.3 Å². The summed E-state index contributed by atoms with van der Waals surface area (Å²) in [5, 5.41) is 11.7. The highest BCUT2D eigenvalue weighted by Crippen LogP contribution is 2.27. The molecule has 0 bridgehead atoms. The lowest BCUT2D eigenvalue weighted by Gasteiger charge is -2.33. The van der Waals surface area contributed by atoms with Crippen LogP contribution in [0.2, 0.25) is 0 Å². The molecule has 1 aromatic carbocycles. The number of likely N-dealkylation sites (tertiary alicyclic amines) is 1. The van der Waals surface area contributed by atoms with E-state index >= 15 is 0 Å². The molecule has 1 atom stereocenters. The van der Waals surface area contributed by atoms with Crippen LogP contribution in [0.4, 0.5) is 0 Å². The standard InChI is InChI=1S/C27H32N6O2/c1-18(6-4-8-25(28)35-3)16-33-13-5-7-22(17-33)30-27(34)21-9-10-24-23(15-21)26(32-31-24)20-11-12-29-19(2)14-20/h4,6,8-12,14-15,22H,1,5,7,13,16-17,28H2,2-3H3,(H,30,34)(H,31,32)/b6-4-,25-8+/t22-/m1/s1. The van der Waals surface area contributed by atoms with Gasteiger partial charge in [0.25, 0.3) is 5.91 Å². The maximum Gasteiger partial charge on any atom is 0.251 e. The van der Waals surface area contributed by atoms with Gasteiger partial charge in [-0.25, -0.2) is 0 Å². The number of benzene rings is 1. The molecular formula is C27H32N6O2. The van der Waals surface area contributed by atoms with Gasteiger partial charge in [0.2, 0.25) is 0 Å². The van der Waals surface area contributed by atoms with Crippen molar-refractivity contribution in [3.8, 4) is 11.3 Å². The first kappa shape index (κ1) is 24.2. The summed E-state index contributed by atoms with van der Waals surface area (Å²) in [6.07, 6.45) is 9.20. The Kier molecular flexibility index (Phi) is 7.62. The fraction of sp³-hybridized carbons (Fsp3) is 0.296. The molecule has 0 spiro atoms. The molecule has 4 N–H and O–H groups in total. The van der Waals surface area contributed by atoms with Crippen LogP contribution in [-0.4, -0.2) is 58.8 Å². The molecule has 35 heavy (non-hydrogen) atoms. The van der Waals surface area contributed by atoms with Gasteiger partial charge in [-0.1, -0.05) is 18.7 Å². The van der Waals surface area contributed by atoms with Crippen LogP contribution in [0.3, 0.4) is 0 Å². The van der Waals surface area contributed by atoms with Gasteiger partial charge in [0.15, 0.2) is 5.88 Å². The molecule has 3 heterocycles. The van der Waals surface area contributed by atoms with Crippen molar-refractivity contribution in [3.63, 3.8) is 0 Å². The van der Waals surface area contributed by atoms with E-state index in [1.165, 1.54) is 7.11 Å². The topological polar surface area (TPSA) is 109 Å². The van der Waals surface area contributed by atoms with E-state index in [4.69, 9.17) is 10.5 Å². The molecule has 1 saturated heterocycles. The molecule has 0 aliphatic carbocycles. The van der Waals surface area contributed by atoms with Crippen LogP contribution in [0.25, 0.3) is 22.2 Å². The van der Waals surface area contributed by atoms with Crippen molar-refractivity contribution in [2.24, 2.45) is 5.73 Å². The van der Waals surface area contributed by atoms with Gasteiger partial charge in [0.05, 0.1) is 12.6 Å². The van der Waals surface area contributed by atoms with Crippen LogP contribution >= 0.6 is 0 Å². The zero-order valence-electron chi connectivity index (χ0n) is 20.3. The van der Waals surface area contributed by atoms with Crippen LogP contribution in [0.15, 0.2) is 72.8 Å². The SMILES string of the molecule is C=C(/C=C\C=C(/N)OC)CN1CCC[C@@H](NC(=O)c2ccc3[nH]nc(-c4ccnc(C)c4)c3c2)C1. The molecule has 8 nitrogen and oxygen atoms in total. The number of aryl methyl sites for hydroxylation is 1. The van der Waals surface area contributed by atoms with Crippen LogP contribution in [0, 0.1) is 6.92 Å². The summed E-state index contributed by atoms with van der Waals surface area (Å²) < 4.78 is 4.92. The van der Waals surface area contributed by atoms with E-state index in [1.807, 2.05) is 49.4 Å². The number of hydrogen-bond acceptors (Lipinski definition) is 6. The number of methoxy groups -OCH3 is 1. The predicted octanol–water partition coefficient (Wildman–Crippen LogP) is 3.69. The molecular weight excluding hydrogens is 440 g/mol. The lowest BCUT2D eigenvalue weighted by molar-refractivity contribution is 0.0908. The Balaban J connectivity index is 1.40. The third-order valence-corrected chi connectivity index (χ3v) is 6.09.